The highest BCUT2D eigenvalue weighted by atomic mass is 32.2. The van der Waals surface area contributed by atoms with Crippen LogP contribution in [0.3, 0.4) is 0 Å². The maximum absolute atomic E-state index is 13.3. The van der Waals surface area contributed by atoms with Crippen molar-refractivity contribution in [3.63, 3.8) is 0 Å². The van der Waals surface area contributed by atoms with Crippen LogP contribution in [0.15, 0.2) is 94.7 Å². The monoisotopic (exact) mass is 401 g/mol. The Morgan fingerprint density at radius 1 is 0.667 bits per heavy atom. The molecule has 0 amide bonds. The zero-order valence-electron chi connectivity index (χ0n) is 14.7. The van der Waals surface area contributed by atoms with Gasteiger partial charge in [0.05, 0.1) is 22.0 Å². The zero-order valence-corrected chi connectivity index (χ0v) is 16.3. The SMILES string of the molecule is CS(=O)(=O)c1ccc(S(=O)(=O)N(Cc2ccccc2)c2ccccc2)cc1. The van der Waals surface area contributed by atoms with Crippen LogP contribution in [-0.4, -0.2) is 23.1 Å². The van der Waals surface area contributed by atoms with Crippen LogP contribution in [0, 0.1) is 0 Å². The summed E-state index contributed by atoms with van der Waals surface area (Å²) in [4.78, 5) is 0.116. The van der Waals surface area contributed by atoms with E-state index in [0.717, 1.165) is 11.8 Å². The fraction of sp³-hybridized carbons (Fsp3) is 0.100. The molecule has 0 aliphatic carbocycles. The second-order valence-corrected chi connectivity index (χ2v) is 9.95. The molecule has 0 saturated carbocycles. The summed E-state index contributed by atoms with van der Waals surface area (Å²) in [5, 5.41) is 0. The first-order chi connectivity index (χ1) is 12.8. The highest BCUT2D eigenvalue weighted by Gasteiger charge is 2.25. The molecule has 0 unspecified atom stereocenters. The van der Waals surface area contributed by atoms with Crippen LogP contribution in [0.1, 0.15) is 5.56 Å². The molecule has 0 aromatic heterocycles. The number of benzene rings is 3. The molecular weight excluding hydrogens is 382 g/mol. The summed E-state index contributed by atoms with van der Waals surface area (Å²) >= 11 is 0. The average molecular weight is 402 g/mol. The van der Waals surface area contributed by atoms with Gasteiger partial charge in [0.1, 0.15) is 0 Å². The summed E-state index contributed by atoms with van der Waals surface area (Å²) in [6.07, 6.45) is 1.09. The Hall–Kier alpha value is -2.64. The van der Waals surface area contributed by atoms with Gasteiger partial charge < -0.3 is 0 Å². The van der Waals surface area contributed by atoms with Crippen molar-refractivity contribution >= 4 is 25.5 Å². The van der Waals surface area contributed by atoms with Crippen molar-refractivity contribution in [2.75, 3.05) is 10.6 Å². The molecule has 3 aromatic rings. The normalized spacial score (nSPS) is 11.9. The molecular formula is C20H19NO4S2. The molecule has 5 nitrogen and oxygen atoms in total. The van der Waals surface area contributed by atoms with Crippen molar-refractivity contribution in [1.82, 2.24) is 0 Å². The van der Waals surface area contributed by atoms with Crippen LogP contribution in [0.25, 0.3) is 0 Å². The third-order valence-electron chi connectivity index (χ3n) is 4.05. The molecule has 0 bridgehead atoms. The topological polar surface area (TPSA) is 71.5 Å². The lowest BCUT2D eigenvalue weighted by Crippen LogP contribution is -2.30. The second kappa shape index (κ2) is 7.54. The van der Waals surface area contributed by atoms with E-state index >= 15 is 0 Å². The fourth-order valence-electron chi connectivity index (χ4n) is 2.64. The van der Waals surface area contributed by atoms with Crippen molar-refractivity contribution in [3.05, 3.63) is 90.5 Å². The first kappa shape index (κ1) is 19.1. The van der Waals surface area contributed by atoms with Gasteiger partial charge in [0, 0.05) is 6.26 Å². The number of sulfonamides is 1. The van der Waals surface area contributed by atoms with Gasteiger partial charge in [0.15, 0.2) is 9.84 Å². The number of para-hydroxylation sites is 1. The summed E-state index contributed by atoms with van der Waals surface area (Å²) in [6, 6.07) is 23.4. The number of nitrogens with zero attached hydrogens (tertiary/aromatic N) is 1. The summed E-state index contributed by atoms with van der Waals surface area (Å²) < 4.78 is 51.1. The third kappa shape index (κ3) is 4.37. The van der Waals surface area contributed by atoms with Crippen molar-refractivity contribution in [3.8, 4) is 0 Å². The van der Waals surface area contributed by atoms with Crippen LogP contribution in [0.5, 0.6) is 0 Å². The summed E-state index contributed by atoms with van der Waals surface area (Å²) in [6.45, 7) is 0.168. The van der Waals surface area contributed by atoms with Crippen molar-refractivity contribution < 1.29 is 16.8 Å². The number of sulfone groups is 1. The first-order valence-electron chi connectivity index (χ1n) is 8.20. The maximum atomic E-state index is 13.3. The quantitative estimate of drug-likeness (QED) is 0.634. The largest absolute Gasteiger partial charge is 0.264 e. The molecule has 0 radical (unpaired) electrons. The van der Waals surface area contributed by atoms with Crippen LogP contribution in [-0.2, 0) is 26.4 Å². The highest BCUT2D eigenvalue weighted by Crippen LogP contribution is 2.26. The van der Waals surface area contributed by atoms with Crippen molar-refractivity contribution in [1.29, 1.82) is 0 Å². The van der Waals surface area contributed by atoms with E-state index in [9.17, 15) is 16.8 Å². The average Bonchev–Trinajstić information content (AvgIpc) is 2.67. The lowest BCUT2D eigenvalue weighted by atomic mass is 10.2. The smallest absolute Gasteiger partial charge is 0.262 e. The number of anilines is 1. The highest BCUT2D eigenvalue weighted by molar-refractivity contribution is 7.92. The third-order valence-corrected chi connectivity index (χ3v) is 6.97. The summed E-state index contributed by atoms with van der Waals surface area (Å²) in [5.41, 5.74) is 1.38. The minimum Gasteiger partial charge on any atom is -0.262 e. The van der Waals surface area contributed by atoms with E-state index in [-0.39, 0.29) is 16.3 Å². The molecule has 0 aliphatic rings. The van der Waals surface area contributed by atoms with Gasteiger partial charge in [-0.2, -0.15) is 0 Å². The van der Waals surface area contributed by atoms with E-state index in [2.05, 4.69) is 0 Å². The van der Waals surface area contributed by atoms with E-state index < -0.39 is 19.9 Å². The Bertz CT molecular complexity index is 1110. The van der Waals surface area contributed by atoms with E-state index in [0.29, 0.717) is 5.69 Å². The molecule has 0 saturated heterocycles. The molecule has 3 aromatic carbocycles. The van der Waals surface area contributed by atoms with Gasteiger partial charge in [0.25, 0.3) is 10.0 Å². The van der Waals surface area contributed by atoms with E-state index in [4.69, 9.17) is 0 Å². The van der Waals surface area contributed by atoms with Crippen LogP contribution in [0.2, 0.25) is 0 Å². The standard InChI is InChI=1S/C20H19NO4S2/c1-26(22,23)19-12-14-20(15-13-19)27(24,25)21(18-10-6-3-7-11-18)16-17-8-4-2-5-9-17/h2-15H,16H2,1H3. The lowest BCUT2D eigenvalue weighted by Gasteiger charge is -2.25. The molecule has 140 valence electrons. The van der Waals surface area contributed by atoms with Gasteiger partial charge in [-0.25, -0.2) is 16.8 Å². The summed E-state index contributed by atoms with van der Waals surface area (Å²) in [7, 11) is -7.27. The predicted molar refractivity (Wildman–Crippen MR) is 106 cm³/mol. The first-order valence-corrected chi connectivity index (χ1v) is 11.5. The van der Waals surface area contributed by atoms with E-state index in [1.807, 2.05) is 36.4 Å². The predicted octanol–water partition coefficient (Wildman–Crippen LogP) is 3.49. The Kier molecular flexibility index (Phi) is 5.34. The van der Waals surface area contributed by atoms with Gasteiger partial charge in [-0.3, -0.25) is 4.31 Å². The molecule has 0 fully saturated rings. The zero-order chi connectivity index (χ0) is 19.5. The second-order valence-electron chi connectivity index (χ2n) is 6.08. The molecule has 0 atom stereocenters. The minimum atomic E-state index is -3.88. The van der Waals surface area contributed by atoms with Gasteiger partial charge in [-0.1, -0.05) is 48.5 Å². The number of hydrogen-bond acceptors (Lipinski definition) is 4. The van der Waals surface area contributed by atoms with Gasteiger partial charge in [-0.05, 0) is 42.0 Å². The molecule has 0 aliphatic heterocycles. The van der Waals surface area contributed by atoms with Crippen LogP contribution >= 0.6 is 0 Å². The van der Waals surface area contributed by atoms with E-state index in [1.165, 1.54) is 28.6 Å². The number of hydrogen-bond donors (Lipinski definition) is 0. The molecule has 0 spiro atoms. The number of rotatable bonds is 6. The molecule has 0 heterocycles. The fourth-order valence-corrected chi connectivity index (χ4v) is 4.73. The van der Waals surface area contributed by atoms with E-state index in [1.54, 1.807) is 24.3 Å². The van der Waals surface area contributed by atoms with Crippen LogP contribution < -0.4 is 4.31 Å². The van der Waals surface area contributed by atoms with Crippen LogP contribution in [0.4, 0.5) is 5.69 Å². The molecule has 3 rings (SSSR count). The summed E-state index contributed by atoms with van der Waals surface area (Å²) in [5.74, 6) is 0. The van der Waals surface area contributed by atoms with Gasteiger partial charge >= 0.3 is 0 Å². The molecule has 27 heavy (non-hydrogen) atoms. The van der Waals surface area contributed by atoms with Gasteiger partial charge in [-0.15, -0.1) is 0 Å². The minimum absolute atomic E-state index is 0.0367. The molecule has 0 N–H and O–H groups in total. The maximum Gasteiger partial charge on any atom is 0.264 e. The van der Waals surface area contributed by atoms with Crippen molar-refractivity contribution in [2.45, 2.75) is 16.3 Å². The lowest BCUT2D eigenvalue weighted by molar-refractivity contribution is 0.589. The molecule has 7 heteroatoms. The van der Waals surface area contributed by atoms with Crippen molar-refractivity contribution in [2.24, 2.45) is 0 Å². The Labute approximate surface area is 159 Å². The Morgan fingerprint density at radius 3 is 1.67 bits per heavy atom. The van der Waals surface area contributed by atoms with Gasteiger partial charge in [0.2, 0.25) is 0 Å². The Balaban J connectivity index is 2.05. The Morgan fingerprint density at radius 2 is 1.15 bits per heavy atom.